The van der Waals surface area contributed by atoms with Gasteiger partial charge in [0.25, 0.3) is 11.8 Å². The first-order chi connectivity index (χ1) is 20.1. The molecule has 0 bridgehead atoms. The van der Waals surface area contributed by atoms with E-state index in [9.17, 15) is 34.2 Å². The molecule has 0 aromatic heterocycles. The van der Waals surface area contributed by atoms with Crippen molar-refractivity contribution in [3.8, 4) is 0 Å². The van der Waals surface area contributed by atoms with Crippen LogP contribution in [0.3, 0.4) is 0 Å². The molecule has 0 saturated heterocycles. The van der Waals surface area contributed by atoms with Crippen LogP contribution in [0.5, 0.6) is 0 Å². The van der Waals surface area contributed by atoms with Gasteiger partial charge < -0.3 is 20.8 Å². The Balaban J connectivity index is 1.44. The number of benzene rings is 4. The van der Waals surface area contributed by atoms with Crippen LogP contribution in [0.15, 0.2) is 98.1 Å². The number of hydrogen-bond donors (Lipinski definition) is 4. The fourth-order valence-corrected chi connectivity index (χ4v) is 4.10. The summed E-state index contributed by atoms with van der Waals surface area (Å²) < 4.78 is 0. The van der Waals surface area contributed by atoms with Gasteiger partial charge in [0.15, 0.2) is 5.78 Å². The summed E-state index contributed by atoms with van der Waals surface area (Å²) in [6.45, 7) is 7.23. The summed E-state index contributed by atoms with van der Waals surface area (Å²) in [4.78, 5) is 61.7. The van der Waals surface area contributed by atoms with Crippen LogP contribution >= 0.6 is 0 Å². The van der Waals surface area contributed by atoms with Crippen molar-refractivity contribution >= 4 is 53.1 Å². The van der Waals surface area contributed by atoms with Crippen LogP contribution in [0.2, 0.25) is 0 Å². The van der Waals surface area contributed by atoms with Crippen LogP contribution in [-0.2, 0) is 0 Å². The van der Waals surface area contributed by atoms with E-state index in [1.165, 1.54) is 84.9 Å². The second kappa shape index (κ2) is 12.4. The molecule has 0 spiro atoms. The molecular formula is C33H24N2O7. The Morgan fingerprint density at radius 1 is 0.524 bits per heavy atom. The molecule has 4 rings (SSSR count). The van der Waals surface area contributed by atoms with Crippen LogP contribution in [0.4, 0.5) is 11.4 Å². The van der Waals surface area contributed by atoms with E-state index in [4.69, 9.17) is 0 Å². The highest BCUT2D eigenvalue weighted by atomic mass is 16.4. The number of hydrogen-bond acceptors (Lipinski definition) is 5. The van der Waals surface area contributed by atoms with Crippen LogP contribution in [-0.4, -0.2) is 39.7 Å². The molecule has 0 saturated carbocycles. The number of carbonyl (C=O) groups excluding carboxylic acids is 3. The second-order valence-corrected chi connectivity index (χ2v) is 9.02. The number of ketones is 1. The SMILES string of the molecule is C=Cc1ccc(C(=O)Nc2ccc(C(=O)c3ccc(NC(=O)c4cc(C=C)ccc4C(=O)O)cc3)cc2)c(C(=O)O)c1. The molecule has 42 heavy (non-hydrogen) atoms. The molecule has 4 aromatic rings. The Labute approximate surface area is 240 Å². The maximum atomic E-state index is 13.0. The van der Waals surface area contributed by atoms with Crippen molar-refractivity contribution in [2.24, 2.45) is 0 Å². The van der Waals surface area contributed by atoms with Gasteiger partial charge in [-0.2, -0.15) is 0 Å². The van der Waals surface area contributed by atoms with Gasteiger partial charge in [-0.05, 0) is 83.9 Å². The monoisotopic (exact) mass is 560 g/mol. The number of anilines is 2. The van der Waals surface area contributed by atoms with Crippen molar-refractivity contribution in [1.82, 2.24) is 0 Å². The average molecular weight is 561 g/mol. The van der Waals surface area contributed by atoms with Gasteiger partial charge in [-0.15, -0.1) is 0 Å². The number of rotatable bonds is 10. The highest BCUT2D eigenvalue weighted by Crippen LogP contribution is 2.20. The standard InChI is InChI=1S/C33H24N2O7/c1-3-19-6-16-26(32(39)40)27(17-19)31(38)35-24-13-9-22(10-14-24)29(36)21-7-11-23(12-8-21)34-30(37)25-15-5-20(4-2)18-28(25)33(41)42/h3-18H,1-2H2,(H,34,37)(H,35,38)(H,39,40)(H,41,42). The minimum atomic E-state index is -1.25. The van der Waals surface area contributed by atoms with Crippen LogP contribution in [0.1, 0.15) is 68.5 Å². The summed E-state index contributed by atoms with van der Waals surface area (Å²) in [7, 11) is 0. The van der Waals surface area contributed by atoms with E-state index in [-0.39, 0.29) is 28.0 Å². The molecule has 2 amide bonds. The lowest BCUT2D eigenvalue weighted by molar-refractivity contribution is 0.0683. The summed E-state index contributed by atoms with van der Waals surface area (Å²) in [5, 5.41) is 24.2. The molecule has 0 unspecified atom stereocenters. The topological polar surface area (TPSA) is 150 Å². The molecule has 0 radical (unpaired) electrons. The Kier molecular flexibility index (Phi) is 8.53. The van der Waals surface area contributed by atoms with E-state index in [1.807, 2.05) is 0 Å². The van der Waals surface area contributed by atoms with Crippen LogP contribution in [0, 0.1) is 0 Å². The van der Waals surface area contributed by atoms with E-state index in [0.717, 1.165) is 0 Å². The third-order valence-electron chi connectivity index (χ3n) is 6.32. The normalized spacial score (nSPS) is 10.3. The first kappa shape index (κ1) is 28.9. The molecule has 0 aliphatic carbocycles. The van der Waals surface area contributed by atoms with E-state index < -0.39 is 23.8 Å². The van der Waals surface area contributed by atoms with Gasteiger partial charge in [0.2, 0.25) is 0 Å². The quantitative estimate of drug-likeness (QED) is 0.171. The number of nitrogens with one attached hydrogen (secondary N) is 2. The molecule has 0 fully saturated rings. The average Bonchev–Trinajstić information content (AvgIpc) is 3.00. The molecule has 9 nitrogen and oxygen atoms in total. The zero-order valence-corrected chi connectivity index (χ0v) is 22.1. The second-order valence-electron chi connectivity index (χ2n) is 9.02. The Morgan fingerprint density at radius 2 is 0.929 bits per heavy atom. The van der Waals surface area contributed by atoms with Gasteiger partial charge in [-0.3, -0.25) is 14.4 Å². The fraction of sp³-hybridized carbons (Fsp3) is 0. The predicted molar refractivity (Wildman–Crippen MR) is 159 cm³/mol. The lowest BCUT2D eigenvalue weighted by Crippen LogP contribution is -2.17. The van der Waals surface area contributed by atoms with Crippen molar-refractivity contribution in [3.05, 3.63) is 143 Å². The van der Waals surface area contributed by atoms with Crippen LogP contribution < -0.4 is 10.6 Å². The van der Waals surface area contributed by atoms with E-state index >= 15 is 0 Å². The van der Waals surface area contributed by atoms with E-state index in [1.54, 1.807) is 12.1 Å². The predicted octanol–water partition coefficient (Wildman–Crippen LogP) is 6.10. The Hall–Kier alpha value is -6.09. The molecule has 208 valence electrons. The third-order valence-corrected chi connectivity index (χ3v) is 6.32. The summed E-state index contributed by atoms with van der Waals surface area (Å²) in [5.74, 6) is -4.05. The van der Waals surface area contributed by atoms with Crippen molar-refractivity contribution in [2.75, 3.05) is 10.6 Å². The molecule has 9 heteroatoms. The third kappa shape index (κ3) is 6.37. The first-order valence-electron chi connectivity index (χ1n) is 12.5. The lowest BCUT2D eigenvalue weighted by Gasteiger charge is -2.10. The van der Waals surface area contributed by atoms with Gasteiger partial charge >= 0.3 is 11.9 Å². The molecule has 0 aliphatic heterocycles. The zero-order chi connectivity index (χ0) is 30.4. The van der Waals surface area contributed by atoms with E-state index in [2.05, 4.69) is 23.8 Å². The maximum absolute atomic E-state index is 13.0. The van der Waals surface area contributed by atoms with E-state index in [0.29, 0.717) is 33.6 Å². The number of carbonyl (C=O) groups is 5. The van der Waals surface area contributed by atoms with Gasteiger partial charge in [0, 0.05) is 22.5 Å². The largest absolute Gasteiger partial charge is 0.478 e. The van der Waals surface area contributed by atoms with Crippen molar-refractivity contribution in [2.45, 2.75) is 0 Å². The summed E-state index contributed by atoms with van der Waals surface area (Å²) in [6.07, 6.45) is 2.98. The van der Waals surface area contributed by atoms with Gasteiger partial charge in [0.1, 0.15) is 0 Å². The lowest BCUT2D eigenvalue weighted by atomic mass is 10.0. The smallest absolute Gasteiger partial charge is 0.336 e. The molecule has 4 N–H and O–H groups in total. The number of amides is 2. The summed E-state index contributed by atoms with van der Waals surface area (Å²) in [5.41, 5.74) is 2.17. The van der Waals surface area contributed by atoms with Crippen LogP contribution in [0.25, 0.3) is 12.2 Å². The number of carboxylic acids is 2. The molecular weight excluding hydrogens is 536 g/mol. The summed E-state index contributed by atoms with van der Waals surface area (Å²) in [6, 6.07) is 20.8. The molecule has 0 heterocycles. The highest BCUT2D eigenvalue weighted by molar-refractivity contribution is 6.13. The first-order valence-corrected chi connectivity index (χ1v) is 12.5. The zero-order valence-electron chi connectivity index (χ0n) is 22.1. The molecule has 4 aromatic carbocycles. The highest BCUT2D eigenvalue weighted by Gasteiger charge is 2.19. The fourth-order valence-electron chi connectivity index (χ4n) is 4.10. The minimum Gasteiger partial charge on any atom is -0.478 e. The van der Waals surface area contributed by atoms with Crippen molar-refractivity contribution in [3.63, 3.8) is 0 Å². The number of carboxylic acid groups (broad SMARTS) is 2. The van der Waals surface area contributed by atoms with Gasteiger partial charge in [0.05, 0.1) is 22.3 Å². The van der Waals surface area contributed by atoms with Crippen molar-refractivity contribution in [1.29, 1.82) is 0 Å². The summed E-state index contributed by atoms with van der Waals surface area (Å²) >= 11 is 0. The van der Waals surface area contributed by atoms with Gasteiger partial charge in [-0.25, -0.2) is 9.59 Å². The molecule has 0 aliphatic rings. The number of aromatic carboxylic acids is 2. The van der Waals surface area contributed by atoms with Gasteiger partial charge in [-0.1, -0.05) is 37.4 Å². The van der Waals surface area contributed by atoms with Crippen molar-refractivity contribution < 1.29 is 34.2 Å². The molecule has 0 atom stereocenters. The maximum Gasteiger partial charge on any atom is 0.336 e. The minimum absolute atomic E-state index is 0.0203. The Morgan fingerprint density at radius 3 is 1.36 bits per heavy atom. The Bertz CT molecular complexity index is 1750.